The minimum absolute atomic E-state index is 0.0684. The van der Waals surface area contributed by atoms with E-state index in [-0.39, 0.29) is 30.4 Å². The van der Waals surface area contributed by atoms with Crippen molar-refractivity contribution in [1.29, 1.82) is 0 Å². The van der Waals surface area contributed by atoms with Gasteiger partial charge in [0.05, 0.1) is 6.61 Å². The van der Waals surface area contributed by atoms with Gasteiger partial charge in [-0.1, -0.05) is 44.2 Å². The Hall–Kier alpha value is -1.39. The van der Waals surface area contributed by atoms with Gasteiger partial charge in [-0.2, -0.15) is 0 Å². The maximum Gasteiger partial charge on any atom is 0.221 e. The van der Waals surface area contributed by atoms with E-state index in [4.69, 9.17) is 5.73 Å². The summed E-state index contributed by atoms with van der Waals surface area (Å²) in [6.45, 7) is 4.64. The molecule has 0 radical (unpaired) electrons. The minimum Gasteiger partial charge on any atom is -0.396 e. The molecule has 4 heteroatoms. The van der Waals surface area contributed by atoms with Crippen LogP contribution in [-0.4, -0.2) is 24.2 Å². The molecule has 0 heterocycles. The summed E-state index contributed by atoms with van der Waals surface area (Å²) in [5, 5.41) is 12.4. The summed E-state index contributed by atoms with van der Waals surface area (Å²) in [6, 6.07) is 9.31. The quantitative estimate of drug-likeness (QED) is 0.680. The Morgan fingerprint density at radius 3 is 2.40 bits per heavy atom. The number of benzene rings is 1. The van der Waals surface area contributed by atoms with Gasteiger partial charge in [0.25, 0.3) is 0 Å². The highest BCUT2D eigenvalue weighted by Crippen LogP contribution is 2.24. The Bertz CT molecular complexity index is 394. The Balaban J connectivity index is 2.48. The third-order valence-corrected chi connectivity index (χ3v) is 4.13. The number of hydrogen-bond acceptors (Lipinski definition) is 3. The maximum absolute atomic E-state index is 11.9. The molecule has 0 bridgehead atoms. The molecule has 0 fully saturated rings. The van der Waals surface area contributed by atoms with Gasteiger partial charge in [0.1, 0.15) is 0 Å². The summed E-state index contributed by atoms with van der Waals surface area (Å²) < 4.78 is 0. The number of nitrogens with one attached hydrogen (secondary N) is 1. The Morgan fingerprint density at radius 2 is 1.90 bits per heavy atom. The van der Waals surface area contributed by atoms with Crippen LogP contribution in [-0.2, 0) is 4.79 Å². The van der Waals surface area contributed by atoms with Crippen LogP contribution in [0, 0.1) is 5.41 Å². The van der Waals surface area contributed by atoms with E-state index < -0.39 is 0 Å². The van der Waals surface area contributed by atoms with Crippen LogP contribution >= 0.6 is 0 Å². The van der Waals surface area contributed by atoms with Crippen molar-refractivity contribution in [3.63, 3.8) is 0 Å². The van der Waals surface area contributed by atoms with E-state index in [9.17, 15) is 9.90 Å². The minimum atomic E-state index is -0.289. The zero-order chi connectivity index (χ0) is 15.0. The molecule has 0 spiro atoms. The predicted molar refractivity (Wildman–Crippen MR) is 81.1 cm³/mol. The smallest absolute Gasteiger partial charge is 0.221 e. The summed E-state index contributed by atoms with van der Waals surface area (Å²) in [7, 11) is 0. The van der Waals surface area contributed by atoms with Crippen molar-refractivity contribution >= 4 is 5.91 Å². The lowest BCUT2D eigenvalue weighted by Gasteiger charge is -2.29. The molecule has 1 atom stereocenters. The fourth-order valence-electron chi connectivity index (χ4n) is 2.16. The number of aliphatic hydroxyl groups is 1. The van der Waals surface area contributed by atoms with E-state index in [1.807, 2.05) is 44.2 Å². The molecular weight excluding hydrogens is 252 g/mol. The van der Waals surface area contributed by atoms with Crippen LogP contribution in [0.5, 0.6) is 0 Å². The zero-order valence-corrected chi connectivity index (χ0v) is 12.4. The van der Waals surface area contributed by atoms with Gasteiger partial charge in [0, 0.05) is 24.4 Å². The number of nitrogens with two attached hydrogens (primary N) is 1. The van der Waals surface area contributed by atoms with Gasteiger partial charge in [0.15, 0.2) is 0 Å². The summed E-state index contributed by atoms with van der Waals surface area (Å²) in [4.78, 5) is 11.9. The Kier molecular flexibility index (Phi) is 6.68. The highest BCUT2D eigenvalue weighted by molar-refractivity contribution is 5.76. The SMILES string of the molecule is CCC(CC)(CO)CNC(=O)CC(N)c1ccccc1. The summed E-state index contributed by atoms with van der Waals surface area (Å²) in [6.07, 6.45) is 1.94. The molecule has 0 aliphatic carbocycles. The van der Waals surface area contributed by atoms with Gasteiger partial charge in [-0.15, -0.1) is 0 Å². The predicted octanol–water partition coefficient (Wildman–Crippen LogP) is 1.99. The van der Waals surface area contributed by atoms with Crippen molar-refractivity contribution in [2.45, 2.75) is 39.2 Å². The lowest BCUT2D eigenvalue weighted by Crippen LogP contribution is -2.40. The molecule has 1 amide bonds. The van der Waals surface area contributed by atoms with Crippen molar-refractivity contribution in [2.24, 2.45) is 11.1 Å². The zero-order valence-electron chi connectivity index (χ0n) is 12.4. The van der Waals surface area contributed by atoms with Crippen molar-refractivity contribution in [3.05, 3.63) is 35.9 Å². The molecule has 0 aromatic heterocycles. The van der Waals surface area contributed by atoms with E-state index in [0.29, 0.717) is 6.54 Å². The van der Waals surface area contributed by atoms with Crippen LogP contribution in [0.2, 0.25) is 0 Å². The van der Waals surface area contributed by atoms with E-state index in [1.54, 1.807) is 0 Å². The lowest BCUT2D eigenvalue weighted by atomic mass is 9.83. The number of hydrogen-bond donors (Lipinski definition) is 3. The van der Waals surface area contributed by atoms with E-state index in [0.717, 1.165) is 18.4 Å². The molecule has 20 heavy (non-hydrogen) atoms. The number of amides is 1. The monoisotopic (exact) mass is 278 g/mol. The first-order valence-electron chi connectivity index (χ1n) is 7.25. The second-order valence-electron chi connectivity index (χ2n) is 5.36. The average Bonchev–Trinajstić information content (AvgIpc) is 2.50. The Morgan fingerprint density at radius 1 is 1.30 bits per heavy atom. The number of rotatable bonds is 8. The molecule has 0 aliphatic heterocycles. The van der Waals surface area contributed by atoms with Crippen LogP contribution in [0.1, 0.15) is 44.7 Å². The molecule has 4 N–H and O–H groups in total. The second-order valence-corrected chi connectivity index (χ2v) is 5.36. The number of carbonyl (C=O) groups is 1. The molecule has 4 nitrogen and oxygen atoms in total. The first-order chi connectivity index (χ1) is 9.56. The summed E-state index contributed by atoms with van der Waals surface area (Å²) in [5.74, 6) is -0.0684. The van der Waals surface area contributed by atoms with Gasteiger partial charge in [0.2, 0.25) is 5.91 Å². The van der Waals surface area contributed by atoms with Gasteiger partial charge >= 0.3 is 0 Å². The molecule has 1 aromatic rings. The van der Waals surface area contributed by atoms with E-state index in [1.165, 1.54) is 0 Å². The topological polar surface area (TPSA) is 75.3 Å². The van der Waals surface area contributed by atoms with Crippen molar-refractivity contribution in [1.82, 2.24) is 5.32 Å². The third-order valence-electron chi connectivity index (χ3n) is 4.13. The molecule has 1 aromatic carbocycles. The molecular formula is C16H26N2O2. The van der Waals surface area contributed by atoms with Gasteiger partial charge in [-0.25, -0.2) is 0 Å². The molecule has 1 rings (SSSR count). The summed E-state index contributed by atoms with van der Waals surface area (Å²) in [5.41, 5.74) is 6.77. The van der Waals surface area contributed by atoms with Gasteiger partial charge in [-0.05, 0) is 18.4 Å². The van der Waals surface area contributed by atoms with Crippen LogP contribution in [0.4, 0.5) is 0 Å². The molecule has 0 aliphatic rings. The molecule has 112 valence electrons. The van der Waals surface area contributed by atoms with Crippen LogP contribution in [0.15, 0.2) is 30.3 Å². The van der Waals surface area contributed by atoms with Crippen LogP contribution < -0.4 is 11.1 Å². The highest BCUT2D eigenvalue weighted by Gasteiger charge is 2.26. The first kappa shape index (κ1) is 16.7. The van der Waals surface area contributed by atoms with Gasteiger partial charge in [-0.3, -0.25) is 4.79 Å². The average molecular weight is 278 g/mol. The fourth-order valence-corrected chi connectivity index (χ4v) is 2.16. The maximum atomic E-state index is 11.9. The van der Waals surface area contributed by atoms with E-state index in [2.05, 4.69) is 5.32 Å². The largest absolute Gasteiger partial charge is 0.396 e. The second kappa shape index (κ2) is 8.02. The fraction of sp³-hybridized carbons (Fsp3) is 0.562. The molecule has 1 unspecified atom stereocenters. The molecule has 0 saturated carbocycles. The first-order valence-corrected chi connectivity index (χ1v) is 7.25. The highest BCUT2D eigenvalue weighted by atomic mass is 16.3. The lowest BCUT2D eigenvalue weighted by molar-refractivity contribution is -0.122. The molecule has 0 saturated heterocycles. The number of aliphatic hydroxyl groups excluding tert-OH is 1. The van der Waals surface area contributed by atoms with Crippen molar-refractivity contribution < 1.29 is 9.90 Å². The van der Waals surface area contributed by atoms with Crippen molar-refractivity contribution in [2.75, 3.05) is 13.2 Å². The van der Waals surface area contributed by atoms with E-state index >= 15 is 0 Å². The van der Waals surface area contributed by atoms with Crippen molar-refractivity contribution in [3.8, 4) is 0 Å². The normalized spacial score (nSPS) is 13.0. The standard InChI is InChI=1S/C16H26N2O2/c1-3-16(4-2,12-19)11-18-15(20)10-14(17)13-8-6-5-7-9-13/h5-9,14,19H,3-4,10-12,17H2,1-2H3,(H,18,20). The summed E-state index contributed by atoms with van der Waals surface area (Å²) >= 11 is 0. The Labute approximate surface area is 121 Å². The third kappa shape index (κ3) is 4.62. The van der Waals surface area contributed by atoms with Gasteiger partial charge < -0.3 is 16.2 Å². The van der Waals surface area contributed by atoms with Crippen LogP contribution in [0.25, 0.3) is 0 Å². The number of carbonyl (C=O) groups excluding carboxylic acids is 1. The van der Waals surface area contributed by atoms with Crippen LogP contribution in [0.3, 0.4) is 0 Å².